The highest BCUT2D eigenvalue weighted by Crippen LogP contribution is 2.30. The Kier molecular flexibility index (Phi) is 6.15. The van der Waals surface area contributed by atoms with Crippen LogP contribution in [0.1, 0.15) is 31.2 Å². The Bertz CT molecular complexity index is 587. The SMILES string of the molecule is COc1ccc(CNC(=O)[C@H]2CN(C)CCO2)c(OC2CCCC2)c1. The number of morpholine rings is 1. The van der Waals surface area contributed by atoms with E-state index in [1.807, 2.05) is 25.2 Å². The van der Waals surface area contributed by atoms with Gasteiger partial charge in [-0.05, 0) is 44.9 Å². The van der Waals surface area contributed by atoms with E-state index in [9.17, 15) is 4.79 Å². The second-order valence-corrected chi connectivity index (χ2v) is 6.84. The van der Waals surface area contributed by atoms with Crippen LogP contribution in [0.5, 0.6) is 11.5 Å². The largest absolute Gasteiger partial charge is 0.497 e. The molecule has 1 aromatic rings. The summed E-state index contributed by atoms with van der Waals surface area (Å²) in [4.78, 5) is 14.5. The van der Waals surface area contributed by atoms with Crippen molar-refractivity contribution in [2.24, 2.45) is 0 Å². The lowest BCUT2D eigenvalue weighted by Crippen LogP contribution is -2.48. The average Bonchev–Trinajstić information content (AvgIpc) is 3.13. The molecule has 1 aliphatic carbocycles. The first-order valence-electron chi connectivity index (χ1n) is 9.07. The number of nitrogens with zero attached hydrogens (tertiary/aromatic N) is 1. The van der Waals surface area contributed by atoms with Crippen molar-refractivity contribution < 1.29 is 19.0 Å². The van der Waals surface area contributed by atoms with Crippen LogP contribution in [-0.4, -0.2) is 56.9 Å². The van der Waals surface area contributed by atoms with E-state index >= 15 is 0 Å². The quantitative estimate of drug-likeness (QED) is 0.852. The zero-order chi connectivity index (χ0) is 17.6. The zero-order valence-corrected chi connectivity index (χ0v) is 15.1. The van der Waals surface area contributed by atoms with Crippen LogP contribution in [0.2, 0.25) is 0 Å². The van der Waals surface area contributed by atoms with Gasteiger partial charge in [0, 0.05) is 31.3 Å². The highest BCUT2D eigenvalue weighted by Gasteiger charge is 2.25. The topological polar surface area (TPSA) is 60.0 Å². The van der Waals surface area contributed by atoms with Gasteiger partial charge in [-0.3, -0.25) is 4.79 Å². The van der Waals surface area contributed by atoms with E-state index in [0.717, 1.165) is 36.4 Å². The van der Waals surface area contributed by atoms with Crippen molar-refractivity contribution >= 4 is 5.91 Å². The van der Waals surface area contributed by atoms with Crippen molar-refractivity contribution in [3.63, 3.8) is 0 Å². The van der Waals surface area contributed by atoms with Gasteiger partial charge in [0.15, 0.2) is 0 Å². The highest BCUT2D eigenvalue weighted by atomic mass is 16.5. The molecule has 1 amide bonds. The average molecular weight is 348 g/mol. The fourth-order valence-corrected chi connectivity index (χ4v) is 3.34. The monoisotopic (exact) mass is 348 g/mol. The van der Waals surface area contributed by atoms with Gasteiger partial charge in [0.25, 0.3) is 5.91 Å². The molecule has 138 valence electrons. The van der Waals surface area contributed by atoms with E-state index in [1.165, 1.54) is 12.8 Å². The number of nitrogens with one attached hydrogen (secondary N) is 1. The summed E-state index contributed by atoms with van der Waals surface area (Å²) in [5.74, 6) is 1.49. The van der Waals surface area contributed by atoms with Gasteiger partial charge in [0.2, 0.25) is 0 Å². The third-order valence-corrected chi connectivity index (χ3v) is 4.89. The molecule has 2 fully saturated rings. The molecule has 0 aromatic heterocycles. The molecule has 1 aliphatic heterocycles. The Labute approximate surface area is 149 Å². The Morgan fingerprint density at radius 2 is 2.16 bits per heavy atom. The Hall–Kier alpha value is -1.79. The molecule has 0 spiro atoms. The number of carbonyl (C=O) groups excluding carboxylic acids is 1. The summed E-state index contributed by atoms with van der Waals surface area (Å²) < 4.78 is 17.1. The molecule has 0 bridgehead atoms. The number of amides is 1. The Balaban J connectivity index is 1.63. The van der Waals surface area contributed by atoms with Crippen LogP contribution in [0.3, 0.4) is 0 Å². The van der Waals surface area contributed by atoms with Crippen LogP contribution in [0.25, 0.3) is 0 Å². The summed E-state index contributed by atoms with van der Waals surface area (Å²) in [5.41, 5.74) is 0.963. The van der Waals surface area contributed by atoms with Gasteiger partial charge < -0.3 is 24.4 Å². The van der Waals surface area contributed by atoms with Gasteiger partial charge >= 0.3 is 0 Å². The minimum atomic E-state index is -0.406. The van der Waals surface area contributed by atoms with Crippen molar-refractivity contribution in [3.05, 3.63) is 23.8 Å². The van der Waals surface area contributed by atoms with E-state index in [4.69, 9.17) is 14.2 Å². The lowest BCUT2D eigenvalue weighted by atomic mass is 10.1. The lowest BCUT2D eigenvalue weighted by molar-refractivity contribution is -0.138. The predicted octanol–water partition coefficient (Wildman–Crippen LogP) is 1.96. The van der Waals surface area contributed by atoms with E-state index < -0.39 is 6.10 Å². The van der Waals surface area contributed by atoms with Crippen LogP contribution in [-0.2, 0) is 16.1 Å². The number of methoxy groups -OCH3 is 1. The first kappa shape index (κ1) is 18.0. The van der Waals surface area contributed by atoms with Crippen molar-refractivity contribution in [1.82, 2.24) is 10.2 Å². The van der Waals surface area contributed by atoms with E-state index in [1.54, 1.807) is 7.11 Å². The maximum atomic E-state index is 12.4. The van der Waals surface area contributed by atoms with Crippen LogP contribution in [0, 0.1) is 0 Å². The van der Waals surface area contributed by atoms with Crippen LogP contribution < -0.4 is 14.8 Å². The molecule has 25 heavy (non-hydrogen) atoms. The molecular weight excluding hydrogens is 320 g/mol. The number of hydrogen-bond acceptors (Lipinski definition) is 5. The summed E-state index contributed by atoms with van der Waals surface area (Å²) in [5, 5.41) is 2.98. The van der Waals surface area contributed by atoms with Gasteiger partial charge in [0.1, 0.15) is 17.6 Å². The molecule has 3 rings (SSSR count). The highest BCUT2D eigenvalue weighted by molar-refractivity contribution is 5.81. The summed E-state index contributed by atoms with van der Waals surface area (Å²) in [6, 6.07) is 5.76. The lowest BCUT2D eigenvalue weighted by Gasteiger charge is -2.29. The fraction of sp³-hybridized carbons (Fsp3) is 0.632. The maximum Gasteiger partial charge on any atom is 0.250 e. The summed E-state index contributed by atoms with van der Waals surface area (Å²) >= 11 is 0. The van der Waals surface area contributed by atoms with Gasteiger partial charge in [-0.2, -0.15) is 0 Å². The molecule has 6 nitrogen and oxygen atoms in total. The molecule has 1 aromatic carbocycles. The number of ether oxygens (including phenoxy) is 3. The Morgan fingerprint density at radius 3 is 2.88 bits per heavy atom. The first-order valence-corrected chi connectivity index (χ1v) is 9.07. The van der Waals surface area contributed by atoms with E-state index in [2.05, 4.69) is 10.2 Å². The van der Waals surface area contributed by atoms with Gasteiger partial charge in [0.05, 0.1) is 19.8 Å². The standard InChI is InChI=1S/C19H28N2O4/c1-21-9-10-24-18(13-21)19(22)20-12-14-7-8-16(23-2)11-17(14)25-15-5-3-4-6-15/h7-8,11,15,18H,3-6,9-10,12-13H2,1-2H3,(H,20,22)/t18-/m1/s1. The fourth-order valence-electron chi connectivity index (χ4n) is 3.34. The molecule has 1 saturated carbocycles. The van der Waals surface area contributed by atoms with Crippen molar-refractivity contribution in [3.8, 4) is 11.5 Å². The first-order chi connectivity index (χ1) is 12.2. The molecule has 6 heteroatoms. The van der Waals surface area contributed by atoms with Crippen LogP contribution >= 0.6 is 0 Å². The van der Waals surface area contributed by atoms with E-state index in [-0.39, 0.29) is 12.0 Å². The van der Waals surface area contributed by atoms with Crippen molar-refractivity contribution in [2.45, 2.75) is 44.4 Å². The van der Waals surface area contributed by atoms with Gasteiger partial charge in [-0.15, -0.1) is 0 Å². The van der Waals surface area contributed by atoms with Crippen LogP contribution in [0.15, 0.2) is 18.2 Å². The molecule has 2 aliphatic rings. The minimum Gasteiger partial charge on any atom is -0.497 e. The molecule has 1 atom stereocenters. The molecule has 0 unspecified atom stereocenters. The second kappa shape index (κ2) is 8.54. The summed E-state index contributed by atoms with van der Waals surface area (Å²) in [6.45, 7) is 2.50. The van der Waals surface area contributed by atoms with Gasteiger partial charge in [-0.25, -0.2) is 0 Å². The number of rotatable bonds is 6. The molecule has 1 N–H and O–H groups in total. The van der Waals surface area contributed by atoms with Gasteiger partial charge in [-0.1, -0.05) is 0 Å². The van der Waals surface area contributed by atoms with Crippen molar-refractivity contribution in [2.75, 3.05) is 33.9 Å². The molecule has 1 saturated heterocycles. The predicted molar refractivity (Wildman–Crippen MR) is 95.0 cm³/mol. The zero-order valence-electron chi connectivity index (χ0n) is 15.1. The molecular formula is C19H28N2O4. The second-order valence-electron chi connectivity index (χ2n) is 6.84. The smallest absolute Gasteiger partial charge is 0.250 e. The molecule has 0 radical (unpaired) electrons. The minimum absolute atomic E-state index is 0.0748. The number of carbonyl (C=O) groups is 1. The van der Waals surface area contributed by atoms with Crippen LogP contribution in [0.4, 0.5) is 0 Å². The molecule has 1 heterocycles. The number of benzene rings is 1. The number of likely N-dealkylation sites (N-methyl/N-ethyl adjacent to an activating group) is 1. The third kappa shape index (κ3) is 4.86. The third-order valence-electron chi connectivity index (χ3n) is 4.89. The normalized spacial score (nSPS) is 21.9. The van der Waals surface area contributed by atoms with Crippen molar-refractivity contribution in [1.29, 1.82) is 0 Å². The van der Waals surface area contributed by atoms with E-state index in [0.29, 0.717) is 19.7 Å². The number of hydrogen-bond donors (Lipinski definition) is 1. The maximum absolute atomic E-state index is 12.4. The summed E-state index contributed by atoms with van der Waals surface area (Å²) in [7, 11) is 3.65. The summed E-state index contributed by atoms with van der Waals surface area (Å²) in [6.07, 6.45) is 4.46. The Morgan fingerprint density at radius 1 is 1.36 bits per heavy atom.